The number of benzene rings is 2. The van der Waals surface area contributed by atoms with Gasteiger partial charge in [-0.1, -0.05) is 54.9 Å². The maximum absolute atomic E-state index is 13.5. The smallest absolute Gasteiger partial charge is 0.233 e. The summed E-state index contributed by atoms with van der Waals surface area (Å²) < 4.78 is 24.9. The third-order valence-corrected chi connectivity index (χ3v) is 5.93. The van der Waals surface area contributed by atoms with Gasteiger partial charge in [0.25, 0.3) is 0 Å². The predicted octanol–water partition coefficient (Wildman–Crippen LogP) is 5.20. The van der Waals surface area contributed by atoms with E-state index in [1.807, 2.05) is 43.9 Å². The molecule has 2 aromatic carbocycles. The molecule has 0 bridgehead atoms. The number of hydrogen-bond acceptors (Lipinski definition) is 5. The molecule has 3 aromatic rings. The number of ether oxygens (including phenoxy) is 1. The molecule has 1 aliphatic rings. The number of carbonyl (C=O) groups excluding carboxylic acids is 1. The van der Waals surface area contributed by atoms with E-state index in [0.29, 0.717) is 51.7 Å². The van der Waals surface area contributed by atoms with Gasteiger partial charge in [0.2, 0.25) is 11.8 Å². The van der Waals surface area contributed by atoms with Crippen LogP contribution in [0.15, 0.2) is 53.1 Å². The molecule has 1 aliphatic heterocycles. The van der Waals surface area contributed by atoms with Crippen LogP contribution >= 0.6 is 0 Å². The molecule has 180 valence electrons. The van der Waals surface area contributed by atoms with Crippen molar-refractivity contribution in [2.45, 2.75) is 40.3 Å². The molecule has 0 N–H and O–H groups in total. The van der Waals surface area contributed by atoms with E-state index >= 15 is 0 Å². The Labute approximate surface area is 200 Å². The van der Waals surface area contributed by atoms with Crippen LogP contribution in [0.3, 0.4) is 0 Å². The van der Waals surface area contributed by atoms with Crippen LogP contribution in [0, 0.1) is 18.7 Å². The zero-order valence-electron chi connectivity index (χ0n) is 20.1. The maximum atomic E-state index is 13.5. The average molecular weight is 466 g/mol. The second kappa shape index (κ2) is 10.8. The van der Waals surface area contributed by atoms with Crippen molar-refractivity contribution in [1.82, 2.24) is 10.1 Å². The lowest BCUT2D eigenvalue weighted by atomic mass is 10.0. The van der Waals surface area contributed by atoms with E-state index < -0.39 is 0 Å². The monoisotopic (exact) mass is 465 g/mol. The fourth-order valence-electron chi connectivity index (χ4n) is 4.19. The van der Waals surface area contributed by atoms with E-state index in [1.54, 1.807) is 12.1 Å². The Kier molecular flexibility index (Phi) is 7.63. The summed E-state index contributed by atoms with van der Waals surface area (Å²) in [4.78, 5) is 17.3. The van der Waals surface area contributed by atoms with Crippen molar-refractivity contribution >= 4 is 11.8 Å². The highest BCUT2D eigenvalue weighted by Crippen LogP contribution is 2.34. The fraction of sp³-hybridized carbons (Fsp3) is 0.407. The van der Waals surface area contributed by atoms with Crippen molar-refractivity contribution in [2.24, 2.45) is 5.92 Å². The van der Waals surface area contributed by atoms with Crippen LogP contribution in [0.2, 0.25) is 0 Å². The van der Waals surface area contributed by atoms with Crippen LogP contribution in [-0.2, 0) is 22.6 Å². The summed E-state index contributed by atoms with van der Waals surface area (Å²) in [5, 5.41) is 4.45. The summed E-state index contributed by atoms with van der Waals surface area (Å²) in [6.45, 7) is 9.47. The molecule has 34 heavy (non-hydrogen) atoms. The first-order chi connectivity index (χ1) is 16.4. The quantitative estimate of drug-likeness (QED) is 0.458. The van der Waals surface area contributed by atoms with Crippen molar-refractivity contribution in [1.29, 1.82) is 0 Å². The molecule has 1 fully saturated rings. The van der Waals surface area contributed by atoms with Crippen molar-refractivity contribution in [3.8, 4) is 11.3 Å². The van der Waals surface area contributed by atoms with Gasteiger partial charge in [0.1, 0.15) is 11.5 Å². The summed E-state index contributed by atoms with van der Waals surface area (Å²) in [7, 11) is 0. The minimum Gasteiger partial charge on any atom is -0.378 e. The minimum absolute atomic E-state index is 0.0450. The number of aromatic nitrogens is 1. The predicted molar refractivity (Wildman–Crippen MR) is 130 cm³/mol. The lowest BCUT2D eigenvalue weighted by molar-refractivity contribution is -0.133. The molecular formula is C27H32FN3O3. The van der Waals surface area contributed by atoms with Crippen LogP contribution in [0.4, 0.5) is 10.3 Å². The highest BCUT2D eigenvalue weighted by Gasteiger charge is 2.27. The zero-order chi connectivity index (χ0) is 24.1. The van der Waals surface area contributed by atoms with E-state index in [9.17, 15) is 9.18 Å². The molecule has 0 aliphatic carbocycles. The highest BCUT2D eigenvalue weighted by molar-refractivity contribution is 5.77. The minimum atomic E-state index is -0.292. The molecule has 0 spiro atoms. The third kappa shape index (κ3) is 5.83. The number of nitrogens with zero attached hydrogens (tertiary/aromatic N) is 3. The highest BCUT2D eigenvalue weighted by atomic mass is 19.1. The van der Waals surface area contributed by atoms with Crippen molar-refractivity contribution in [2.75, 3.05) is 31.2 Å². The number of aryl methyl sites for hydroxylation is 1. The summed E-state index contributed by atoms with van der Waals surface area (Å²) >= 11 is 0. The largest absolute Gasteiger partial charge is 0.378 e. The topological polar surface area (TPSA) is 58.8 Å². The Balaban J connectivity index is 1.72. The number of anilines is 1. The lowest BCUT2D eigenvalue weighted by Gasteiger charge is -2.29. The molecule has 1 aromatic heterocycles. The van der Waals surface area contributed by atoms with E-state index in [0.717, 1.165) is 27.9 Å². The summed E-state index contributed by atoms with van der Waals surface area (Å²) in [5.41, 5.74) is 4.58. The van der Waals surface area contributed by atoms with E-state index in [1.165, 1.54) is 12.1 Å². The van der Waals surface area contributed by atoms with Crippen LogP contribution in [0.25, 0.3) is 11.3 Å². The molecule has 4 rings (SSSR count). The maximum Gasteiger partial charge on any atom is 0.233 e. The SMILES string of the molecule is Cc1cccc(-c2noc(N3CCOCC3)c2CN(Cc2ccc(F)cc2)C(=O)CC(C)C)c1. The number of rotatable bonds is 8. The second-order valence-electron chi connectivity index (χ2n) is 9.26. The normalized spacial score (nSPS) is 14.0. The molecule has 1 saturated heterocycles. The second-order valence-corrected chi connectivity index (χ2v) is 9.26. The number of morpholine rings is 1. The Bertz CT molecular complexity index is 1100. The Hall–Kier alpha value is -3.19. The number of carbonyl (C=O) groups is 1. The molecule has 0 saturated carbocycles. The van der Waals surface area contributed by atoms with Gasteiger partial charge in [-0.3, -0.25) is 4.79 Å². The van der Waals surface area contributed by atoms with Gasteiger partial charge in [-0.25, -0.2) is 4.39 Å². The van der Waals surface area contributed by atoms with Crippen molar-refractivity contribution < 1.29 is 18.4 Å². The Morgan fingerprint density at radius 3 is 2.53 bits per heavy atom. The molecule has 6 nitrogen and oxygen atoms in total. The average Bonchev–Trinajstić information content (AvgIpc) is 3.23. The van der Waals surface area contributed by atoms with Crippen molar-refractivity contribution in [3.05, 3.63) is 71.0 Å². The van der Waals surface area contributed by atoms with E-state index in [2.05, 4.69) is 16.1 Å². The molecule has 7 heteroatoms. The number of hydrogen-bond donors (Lipinski definition) is 0. The van der Waals surface area contributed by atoms with Gasteiger partial charge in [0.05, 0.1) is 25.3 Å². The van der Waals surface area contributed by atoms with Gasteiger partial charge in [0, 0.05) is 31.6 Å². The molecular weight excluding hydrogens is 433 g/mol. The summed E-state index contributed by atoms with van der Waals surface area (Å²) in [6, 6.07) is 14.4. The van der Waals surface area contributed by atoms with Gasteiger partial charge in [-0.2, -0.15) is 0 Å². The van der Waals surface area contributed by atoms with Crippen LogP contribution in [0.5, 0.6) is 0 Å². The molecule has 0 atom stereocenters. The molecule has 1 amide bonds. The first-order valence-electron chi connectivity index (χ1n) is 11.8. The van der Waals surface area contributed by atoms with Crippen LogP contribution in [-0.4, -0.2) is 42.3 Å². The summed E-state index contributed by atoms with van der Waals surface area (Å²) in [5.74, 6) is 0.657. The Morgan fingerprint density at radius 2 is 1.85 bits per heavy atom. The first kappa shape index (κ1) is 24.0. The zero-order valence-corrected chi connectivity index (χ0v) is 20.1. The van der Waals surface area contributed by atoms with Gasteiger partial charge >= 0.3 is 0 Å². The molecule has 0 unspecified atom stereocenters. The van der Waals surface area contributed by atoms with Crippen LogP contribution in [0.1, 0.15) is 37.0 Å². The Morgan fingerprint density at radius 1 is 1.12 bits per heavy atom. The third-order valence-electron chi connectivity index (χ3n) is 5.93. The van der Waals surface area contributed by atoms with Gasteiger partial charge < -0.3 is 19.1 Å². The molecule has 0 radical (unpaired) electrons. The standard InChI is InChI=1S/C27H32FN3O3/c1-19(2)15-25(32)31(17-21-7-9-23(28)10-8-21)18-24-26(22-6-4-5-20(3)16-22)29-34-27(24)30-11-13-33-14-12-30/h4-10,16,19H,11-15,17-18H2,1-3H3. The molecule has 2 heterocycles. The van der Waals surface area contributed by atoms with E-state index in [4.69, 9.17) is 9.26 Å². The van der Waals surface area contributed by atoms with Gasteiger partial charge in [-0.15, -0.1) is 0 Å². The summed E-state index contributed by atoms with van der Waals surface area (Å²) in [6.07, 6.45) is 0.430. The van der Waals surface area contributed by atoms with E-state index in [-0.39, 0.29) is 17.6 Å². The lowest BCUT2D eigenvalue weighted by Crippen LogP contribution is -2.37. The first-order valence-corrected chi connectivity index (χ1v) is 11.8. The number of amides is 1. The number of halogens is 1. The van der Waals surface area contributed by atoms with Gasteiger partial charge in [-0.05, 0) is 36.6 Å². The van der Waals surface area contributed by atoms with Crippen molar-refractivity contribution in [3.63, 3.8) is 0 Å². The fourth-order valence-corrected chi connectivity index (χ4v) is 4.19. The van der Waals surface area contributed by atoms with Crippen LogP contribution < -0.4 is 4.90 Å². The van der Waals surface area contributed by atoms with Gasteiger partial charge in [0.15, 0.2) is 0 Å².